The van der Waals surface area contributed by atoms with Crippen LogP contribution < -0.4 is 5.32 Å². The van der Waals surface area contributed by atoms with E-state index >= 15 is 0 Å². The lowest BCUT2D eigenvalue weighted by Crippen LogP contribution is -2.30. The highest BCUT2D eigenvalue weighted by molar-refractivity contribution is 4.75. The van der Waals surface area contributed by atoms with Gasteiger partial charge in [0.05, 0.1) is 38.1 Å². The Bertz CT molecular complexity index is 221. The van der Waals surface area contributed by atoms with E-state index in [0.29, 0.717) is 31.8 Å². The van der Waals surface area contributed by atoms with Gasteiger partial charge in [0, 0.05) is 6.54 Å². The van der Waals surface area contributed by atoms with Crippen LogP contribution in [0.25, 0.3) is 0 Å². The number of hydrogen-bond donors (Lipinski definition) is 1. The van der Waals surface area contributed by atoms with E-state index in [1.165, 1.54) is 0 Å². The molecule has 2 atom stereocenters. The molecule has 1 fully saturated rings. The lowest BCUT2D eigenvalue weighted by Gasteiger charge is -2.15. The fourth-order valence-corrected chi connectivity index (χ4v) is 2.14. The van der Waals surface area contributed by atoms with Gasteiger partial charge in [-0.25, -0.2) is 0 Å². The first-order valence-corrected chi connectivity index (χ1v) is 7.63. The van der Waals surface area contributed by atoms with Gasteiger partial charge in [-0.05, 0) is 39.2 Å². The highest BCUT2D eigenvalue weighted by atomic mass is 16.6. The molecular formula is C15H31NO3. The minimum atomic E-state index is 0.268. The molecule has 0 radical (unpaired) electrons. The van der Waals surface area contributed by atoms with E-state index in [9.17, 15) is 0 Å². The summed E-state index contributed by atoms with van der Waals surface area (Å²) < 4.78 is 17.0. The monoisotopic (exact) mass is 273 g/mol. The summed E-state index contributed by atoms with van der Waals surface area (Å²) >= 11 is 0. The van der Waals surface area contributed by atoms with Crippen LogP contribution in [0.3, 0.4) is 0 Å². The van der Waals surface area contributed by atoms with E-state index in [-0.39, 0.29) is 12.2 Å². The molecular weight excluding hydrogens is 242 g/mol. The highest BCUT2D eigenvalue weighted by Gasteiger charge is 2.24. The van der Waals surface area contributed by atoms with Gasteiger partial charge in [-0.3, -0.25) is 0 Å². The standard InChI is InChI=1S/C15H31NO3/c1-12(2)9-16-10-14-5-6-15(19-14)11-17-7-8-18-13(3)4/h12-16H,5-11H2,1-4H3. The molecule has 1 heterocycles. The second-order valence-corrected chi connectivity index (χ2v) is 6.00. The molecule has 0 spiro atoms. The van der Waals surface area contributed by atoms with Crippen LogP contribution in [0.4, 0.5) is 0 Å². The van der Waals surface area contributed by atoms with Crippen LogP contribution in [-0.2, 0) is 14.2 Å². The molecule has 4 nitrogen and oxygen atoms in total. The molecule has 1 aliphatic heterocycles. The Balaban J connectivity index is 1.96. The van der Waals surface area contributed by atoms with Gasteiger partial charge in [-0.15, -0.1) is 0 Å². The van der Waals surface area contributed by atoms with E-state index in [0.717, 1.165) is 25.9 Å². The van der Waals surface area contributed by atoms with Gasteiger partial charge in [0.25, 0.3) is 0 Å². The minimum absolute atomic E-state index is 0.268. The predicted octanol–water partition coefficient (Wildman–Crippen LogP) is 2.22. The van der Waals surface area contributed by atoms with Crippen LogP contribution in [0.1, 0.15) is 40.5 Å². The molecule has 1 rings (SSSR count). The molecule has 1 aliphatic rings. The van der Waals surface area contributed by atoms with Gasteiger partial charge < -0.3 is 19.5 Å². The Labute approximate surface area is 118 Å². The van der Waals surface area contributed by atoms with Crippen molar-refractivity contribution in [2.75, 3.05) is 32.9 Å². The summed E-state index contributed by atoms with van der Waals surface area (Å²) in [5, 5.41) is 3.45. The van der Waals surface area contributed by atoms with Crippen LogP contribution in [0.2, 0.25) is 0 Å². The normalized spacial score (nSPS) is 23.7. The zero-order valence-corrected chi connectivity index (χ0v) is 13.0. The topological polar surface area (TPSA) is 39.7 Å². The van der Waals surface area contributed by atoms with Crippen molar-refractivity contribution in [2.24, 2.45) is 5.92 Å². The third-order valence-electron chi connectivity index (χ3n) is 3.10. The zero-order valence-electron chi connectivity index (χ0n) is 13.0. The molecule has 0 aromatic rings. The summed E-state index contributed by atoms with van der Waals surface area (Å²) in [5.41, 5.74) is 0. The van der Waals surface area contributed by atoms with Gasteiger partial charge in [0.15, 0.2) is 0 Å². The quantitative estimate of drug-likeness (QED) is 0.620. The molecule has 19 heavy (non-hydrogen) atoms. The summed E-state index contributed by atoms with van der Waals surface area (Å²) in [7, 11) is 0. The maximum Gasteiger partial charge on any atom is 0.0813 e. The Morgan fingerprint density at radius 3 is 2.53 bits per heavy atom. The van der Waals surface area contributed by atoms with Gasteiger partial charge in [-0.2, -0.15) is 0 Å². The maximum atomic E-state index is 5.94. The van der Waals surface area contributed by atoms with E-state index in [1.54, 1.807) is 0 Å². The third kappa shape index (κ3) is 8.58. The maximum absolute atomic E-state index is 5.94. The van der Waals surface area contributed by atoms with Gasteiger partial charge >= 0.3 is 0 Å². The van der Waals surface area contributed by atoms with Crippen LogP contribution in [0, 0.1) is 5.92 Å². The molecule has 0 aromatic heterocycles. The Kier molecular flexibility index (Phi) is 8.62. The smallest absolute Gasteiger partial charge is 0.0813 e. The highest BCUT2D eigenvalue weighted by Crippen LogP contribution is 2.19. The van der Waals surface area contributed by atoms with E-state index < -0.39 is 0 Å². The van der Waals surface area contributed by atoms with Crippen molar-refractivity contribution in [1.29, 1.82) is 0 Å². The van der Waals surface area contributed by atoms with E-state index in [2.05, 4.69) is 19.2 Å². The molecule has 0 aromatic carbocycles. The Morgan fingerprint density at radius 1 is 1.11 bits per heavy atom. The van der Waals surface area contributed by atoms with Crippen LogP contribution in [0.5, 0.6) is 0 Å². The van der Waals surface area contributed by atoms with Crippen molar-refractivity contribution in [2.45, 2.75) is 58.8 Å². The van der Waals surface area contributed by atoms with Crippen molar-refractivity contribution < 1.29 is 14.2 Å². The average molecular weight is 273 g/mol. The lowest BCUT2D eigenvalue weighted by molar-refractivity contribution is -0.0351. The van der Waals surface area contributed by atoms with E-state index in [4.69, 9.17) is 14.2 Å². The molecule has 0 saturated carbocycles. The molecule has 114 valence electrons. The van der Waals surface area contributed by atoms with Gasteiger partial charge in [0.1, 0.15) is 0 Å². The summed E-state index contributed by atoms with van der Waals surface area (Å²) in [5.74, 6) is 0.696. The third-order valence-corrected chi connectivity index (χ3v) is 3.10. The van der Waals surface area contributed by atoms with Crippen molar-refractivity contribution in [1.82, 2.24) is 5.32 Å². The molecule has 0 bridgehead atoms. The fourth-order valence-electron chi connectivity index (χ4n) is 2.14. The van der Waals surface area contributed by atoms with Gasteiger partial charge in [-0.1, -0.05) is 13.8 Å². The number of nitrogens with one attached hydrogen (secondary N) is 1. The molecule has 0 aliphatic carbocycles. The van der Waals surface area contributed by atoms with Crippen molar-refractivity contribution in [3.8, 4) is 0 Å². The largest absolute Gasteiger partial charge is 0.376 e. The van der Waals surface area contributed by atoms with Crippen molar-refractivity contribution in [3.05, 3.63) is 0 Å². The van der Waals surface area contributed by atoms with E-state index in [1.807, 2.05) is 13.8 Å². The first-order chi connectivity index (χ1) is 9.08. The van der Waals surface area contributed by atoms with Crippen LogP contribution in [0.15, 0.2) is 0 Å². The first kappa shape index (κ1) is 16.9. The van der Waals surface area contributed by atoms with Crippen molar-refractivity contribution >= 4 is 0 Å². The number of ether oxygens (including phenoxy) is 3. The number of hydrogen-bond acceptors (Lipinski definition) is 4. The summed E-state index contributed by atoms with van der Waals surface area (Å²) in [4.78, 5) is 0. The molecule has 1 N–H and O–H groups in total. The molecule has 1 saturated heterocycles. The SMILES string of the molecule is CC(C)CNCC1CCC(COCCOC(C)C)O1. The Hall–Kier alpha value is -0.160. The lowest BCUT2D eigenvalue weighted by atomic mass is 10.2. The molecule has 0 amide bonds. The van der Waals surface area contributed by atoms with Crippen LogP contribution in [-0.4, -0.2) is 51.2 Å². The summed E-state index contributed by atoms with van der Waals surface area (Å²) in [6.45, 7) is 12.6. The minimum Gasteiger partial charge on any atom is -0.376 e. The fraction of sp³-hybridized carbons (Fsp3) is 1.00. The first-order valence-electron chi connectivity index (χ1n) is 7.63. The van der Waals surface area contributed by atoms with Crippen LogP contribution >= 0.6 is 0 Å². The number of rotatable bonds is 10. The predicted molar refractivity (Wildman–Crippen MR) is 77.5 cm³/mol. The van der Waals surface area contributed by atoms with Gasteiger partial charge in [0.2, 0.25) is 0 Å². The Morgan fingerprint density at radius 2 is 1.84 bits per heavy atom. The average Bonchev–Trinajstić information content (AvgIpc) is 2.76. The summed E-state index contributed by atoms with van der Waals surface area (Å²) in [6, 6.07) is 0. The second kappa shape index (κ2) is 9.70. The zero-order chi connectivity index (χ0) is 14.1. The summed E-state index contributed by atoms with van der Waals surface area (Å²) in [6.07, 6.45) is 3.16. The molecule has 4 heteroatoms. The molecule has 2 unspecified atom stereocenters. The van der Waals surface area contributed by atoms with Crippen molar-refractivity contribution in [3.63, 3.8) is 0 Å². The second-order valence-electron chi connectivity index (χ2n) is 6.00.